The van der Waals surface area contributed by atoms with Gasteiger partial charge in [0.25, 0.3) is 0 Å². The average Bonchev–Trinajstić information content (AvgIpc) is 2.50. The first-order valence-electron chi connectivity index (χ1n) is 6.59. The Morgan fingerprint density at radius 3 is 2.26 bits per heavy atom. The minimum absolute atomic E-state index is 0.0483. The Hall–Kier alpha value is -2.08. The second-order valence-corrected chi connectivity index (χ2v) is 6.34. The van der Waals surface area contributed by atoms with Gasteiger partial charge in [-0.3, -0.25) is 4.57 Å². The van der Waals surface area contributed by atoms with E-state index in [1.807, 2.05) is 0 Å². The number of carbonyl (C=O) groups is 1. The summed E-state index contributed by atoms with van der Waals surface area (Å²) in [5.74, 6) is -0.347. The molecule has 124 valence electrons. The largest absolute Gasteiger partial charge is 0.496 e. The zero-order valence-electron chi connectivity index (χ0n) is 13.1. The Morgan fingerprint density at radius 1 is 1.13 bits per heavy atom. The Morgan fingerprint density at radius 2 is 1.78 bits per heavy atom. The zero-order valence-corrected chi connectivity index (χ0v) is 14.0. The van der Waals surface area contributed by atoms with Crippen molar-refractivity contribution in [2.45, 2.75) is 6.92 Å². The molecule has 0 amide bonds. The summed E-state index contributed by atoms with van der Waals surface area (Å²) in [4.78, 5) is 31.7. The molecule has 2 rings (SSSR count). The van der Waals surface area contributed by atoms with Crippen molar-refractivity contribution in [2.24, 2.45) is 0 Å². The molecule has 8 heteroatoms. The molecule has 0 saturated carbocycles. The van der Waals surface area contributed by atoms with E-state index in [1.165, 1.54) is 34.3 Å². The molecule has 23 heavy (non-hydrogen) atoms. The van der Waals surface area contributed by atoms with Crippen LogP contribution in [0.15, 0.2) is 18.2 Å². The number of rotatable bonds is 4. The molecule has 2 aromatic rings. The highest BCUT2D eigenvalue weighted by Crippen LogP contribution is 2.45. The number of benzene rings is 2. The molecule has 0 atom stereocenters. The number of hydrogen-bond donors (Lipinski definition) is 2. The maximum absolute atomic E-state index is 12.2. The van der Waals surface area contributed by atoms with Crippen LogP contribution in [0.2, 0.25) is 0 Å². The minimum atomic E-state index is -4.62. The standard InChI is InChI=1S/C15H17O7P/c1-8-13(21-3)12(15(16)22-4)11-9(14(8)23(17,18)19)6-5-7-10(11)20-2/h5-7H,1-4H3,(H2,17,18,19). The van der Waals surface area contributed by atoms with Crippen molar-refractivity contribution in [1.82, 2.24) is 0 Å². The smallest absolute Gasteiger partial charge is 0.357 e. The fourth-order valence-electron chi connectivity index (χ4n) is 2.69. The highest BCUT2D eigenvalue weighted by Gasteiger charge is 2.32. The van der Waals surface area contributed by atoms with Gasteiger partial charge in [-0.25, -0.2) is 4.79 Å². The number of esters is 1. The Labute approximate surface area is 132 Å². The van der Waals surface area contributed by atoms with Crippen molar-refractivity contribution in [1.29, 1.82) is 0 Å². The van der Waals surface area contributed by atoms with Crippen LogP contribution in [0.5, 0.6) is 11.5 Å². The Kier molecular flexibility index (Phi) is 4.66. The zero-order chi connectivity index (χ0) is 17.4. The van der Waals surface area contributed by atoms with Gasteiger partial charge in [0.05, 0.1) is 26.6 Å². The van der Waals surface area contributed by atoms with Crippen LogP contribution in [0.3, 0.4) is 0 Å². The number of methoxy groups -OCH3 is 3. The van der Waals surface area contributed by atoms with Crippen LogP contribution in [0.1, 0.15) is 15.9 Å². The number of carbonyl (C=O) groups excluding carboxylic acids is 1. The molecule has 0 aliphatic rings. The van der Waals surface area contributed by atoms with Crippen LogP contribution in [0.4, 0.5) is 0 Å². The van der Waals surface area contributed by atoms with Gasteiger partial charge in [-0.1, -0.05) is 12.1 Å². The molecule has 0 spiro atoms. The van der Waals surface area contributed by atoms with E-state index >= 15 is 0 Å². The number of fused-ring (bicyclic) bond motifs is 1. The fraction of sp³-hybridized carbons (Fsp3) is 0.267. The monoisotopic (exact) mass is 340 g/mol. The normalized spacial score (nSPS) is 11.4. The predicted octanol–water partition coefficient (Wildman–Crippen LogP) is 1.76. The van der Waals surface area contributed by atoms with E-state index in [0.717, 1.165) is 0 Å². The van der Waals surface area contributed by atoms with Gasteiger partial charge in [-0.15, -0.1) is 0 Å². The lowest BCUT2D eigenvalue weighted by Crippen LogP contribution is -2.17. The second kappa shape index (κ2) is 6.20. The van der Waals surface area contributed by atoms with Gasteiger partial charge in [0.15, 0.2) is 0 Å². The van der Waals surface area contributed by atoms with Gasteiger partial charge in [0, 0.05) is 16.3 Å². The first-order chi connectivity index (χ1) is 10.8. The maximum Gasteiger partial charge on any atom is 0.357 e. The molecular formula is C15H17O7P. The third-order valence-electron chi connectivity index (χ3n) is 3.56. The Balaban J connectivity index is 3.17. The van der Waals surface area contributed by atoms with Gasteiger partial charge in [-0.2, -0.15) is 0 Å². The van der Waals surface area contributed by atoms with Crippen molar-refractivity contribution in [3.05, 3.63) is 29.3 Å². The molecule has 0 aliphatic carbocycles. The summed E-state index contributed by atoms with van der Waals surface area (Å²) >= 11 is 0. The molecule has 0 unspecified atom stereocenters. The second-order valence-electron chi connectivity index (χ2n) is 4.80. The molecule has 0 aromatic heterocycles. The van der Waals surface area contributed by atoms with E-state index in [2.05, 4.69) is 0 Å². The van der Waals surface area contributed by atoms with Crippen LogP contribution in [-0.4, -0.2) is 37.1 Å². The fourth-order valence-corrected chi connectivity index (χ4v) is 3.73. The highest BCUT2D eigenvalue weighted by atomic mass is 31.2. The minimum Gasteiger partial charge on any atom is -0.496 e. The molecule has 7 nitrogen and oxygen atoms in total. The van der Waals surface area contributed by atoms with Gasteiger partial charge in [0.2, 0.25) is 0 Å². The van der Waals surface area contributed by atoms with Crippen molar-refractivity contribution in [3.63, 3.8) is 0 Å². The number of ether oxygens (including phenoxy) is 3. The molecule has 0 fully saturated rings. The molecule has 0 heterocycles. The topological polar surface area (TPSA) is 102 Å². The molecule has 0 radical (unpaired) electrons. The van der Waals surface area contributed by atoms with E-state index in [-0.39, 0.29) is 38.7 Å². The van der Waals surface area contributed by atoms with E-state index in [4.69, 9.17) is 14.2 Å². The van der Waals surface area contributed by atoms with E-state index < -0.39 is 13.6 Å². The van der Waals surface area contributed by atoms with Gasteiger partial charge in [-0.05, 0) is 13.0 Å². The van der Waals surface area contributed by atoms with Crippen LogP contribution >= 0.6 is 7.60 Å². The van der Waals surface area contributed by atoms with Crippen LogP contribution in [0, 0.1) is 6.92 Å². The Bertz CT molecular complexity index is 822. The molecule has 0 bridgehead atoms. The van der Waals surface area contributed by atoms with Gasteiger partial charge in [0.1, 0.15) is 17.1 Å². The summed E-state index contributed by atoms with van der Waals surface area (Å²) in [7, 11) is -0.679. The molecule has 0 saturated heterocycles. The molecule has 2 aromatic carbocycles. The van der Waals surface area contributed by atoms with Crippen LogP contribution < -0.4 is 14.8 Å². The third-order valence-corrected chi connectivity index (χ3v) is 4.72. The maximum atomic E-state index is 12.2. The summed E-state index contributed by atoms with van der Waals surface area (Å²) in [6.45, 7) is 1.48. The summed E-state index contributed by atoms with van der Waals surface area (Å²) in [5, 5.41) is 0.259. The van der Waals surface area contributed by atoms with Gasteiger partial charge >= 0.3 is 13.6 Å². The van der Waals surface area contributed by atoms with Crippen LogP contribution in [0.25, 0.3) is 10.8 Å². The first kappa shape index (κ1) is 17.3. The lowest BCUT2D eigenvalue weighted by Gasteiger charge is -2.20. The van der Waals surface area contributed by atoms with E-state index in [9.17, 15) is 19.1 Å². The summed E-state index contributed by atoms with van der Waals surface area (Å²) in [5.41, 5.74) is 0.249. The number of hydrogen-bond acceptors (Lipinski definition) is 5. The van der Waals surface area contributed by atoms with E-state index in [1.54, 1.807) is 12.1 Å². The first-order valence-corrected chi connectivity index (χ1v) is 8.20. The quantitative estimate of drug-likeness (QED) is 0.646. The lowest BCUT2D eigenvalue weighted by atomic mass is 9.98. The SMILES string of the molecule is COC(=O)c1c(OC)c(C)c(P(=O)(O)O)c2cccc(OC)c12. The predicted molar refractivity (Wildman–Crippen MR) is 84.8 cm³/mol. The molecule has 2 N–H and O–H groups in total. The average molecular weight is 340 g/mol. The molecular weight excluding hydrogens is 323 g/mol. The summed E-state index contributed by atoms with van der Waals surface area (Å²) in [6.07, 6.45) is 0. The summed E-state index contributed by atoms with van der Waals surface area (Å²) in [6, 6.07) is 4.70. The van der Waals surface area contributed by atoms with E-state index in [0.29, 0.717) is 0 Å². The third kappa shape index (κ3) is 2.79. The van der Waals surface area contributed by atoms with Crippen LogP contribution in [-0.2, 0) is 9.30 Å². The summed E-state index contributed by atoms with van der Waals surface area (Å²) < 4.78 is 27.3. The highest BCUT2D eigenvalue weighted by molar-refractivity contribution is 7.61. The van der Waals surface area contributed by atoms with Crippen molar-refractivity contribution in [2.75, 3.05) is 21.3 Å². The lowest BCUT2D eigenvalue weighted by molar-refractivity contribution is 0.0599. The van der Waals surface area contributed by atoms with Crippen molar-refractivity contribution >= 4 is 29.6 Å². The molecule has 0 aliphatic heterocycles. The van der Waals surface area contributed by atoms with Gasteiger partial charge < -0.3 is 24.0 Å². The van der Waals surface area contributed by atoms with Crippen molar-refractivity contribution < 1.29 is 33.4 Å². The van der Waals surface area contributed by atoms with Crippen molar-refractivity contribution in [3.8, 4) is 11.5 Å².